The zero-order valence-electron chi connectivity index (χ0n) is 11.8. The number of hydrogen-bond donors (Lipinski definition) is 3. The number of aliphatic hydroxyl groups is 3. The maximum absolute atomic E-state index is 9.76. The molecule has 0 spiro atoms. The Morgan fingerprint density at radius 1 is 1.25 bits per heavy atom. The highest BCUT2D eigenvalue weighted by Gasteiger charge is 2.32. The van der Waals surface area contributed by atoms with Crippen molar-refractivity contribution in [2.75, 3.05) is 26.8 Å². The van der Waals surface area contributed by atoms with Crippen LogP contribution in [0.25, 0.3) is 0 Å². The van der Waals surface area contributed by atoms with Crippen molar-refractivity contribution in [3.05, 3.63) is 29.8 Å². The van der Waals surface area contributed by atoms with Crippen molar-refractivity contribution in [1.82, 2.24) is 4.90 Å². The summed E-state index contributed by atoms with van der Waals surface area (Å²) in [6.45, 7) is 1.10. The van der Waals surface area contributed by atoms with Gasteiger partial charge in [-0.3, -0.25) is 4.90 Å². The predicted molar refractivity (Wildman–Crippen MR) is 75.8 cm³/mol. The maximum atomic E-state index is 9.76. The molecule has 112 valence electrons. The monoisotopic (exact) mass is 281 g/mol. The average Bonchev–Trinajstić information content (AvgIpc) is 2.48. The molecule has 3 N–H and O–H groups in total. The first-order valence-electron chi connectivity index (χ1n) is 6.98. The molecule has 2 rings (SSSR count). The number of rotatable bonds is 5. The number of aliphatic hydroxyl groups excluding tert-OH is 3. The number of hydrogen-bond acceptors (Lipinski definition) is 5. The molecule has 3 atom stereocenters. The van der Waals surface area contributed by atoms with Crippen LogP contribution in [0, 0.1) is 0 Å². The fraction of sp³-hybridized carbons (Fsp3) is 0.600. The lowest BCUT2D eigenvalue weighted by molar-refractivity contribution is -0.0703. The van der Waals surface area contributed by atoms with Crippen molar-refractivity contribution < 1.29 is 20.1 Å². The molecule has 1 aliphatic heterocycles. The number of nitrogens with zero attached hydrogens (tertiary/aromatic N) is 1. The average molecular weight is 281 g/mol. The van der Waals surface area contributed by atoms with Gasteiger partial charge in [0.15, 0.2) is 0 Å². The maximum Gasteiger partial charge on any atom is 0.122 e. The summed E-state index contributed by atoms with van der Waals surface area (Å²) in [7, 11) is 1.65. The molecule has 1 saturated heterocycles. The van der Waals surface area contributed by atoms with Gasteiger partial charge in [-0.25, -0.2) is 0 Å². The standard InChI is InChI=1S/C15H23NO4/c1-20-15-5-3-2-4-11(15)6-7-16-9-14(19)13(18)8-12(16)10-17/h2-5,12-14,17-19H,6-10H2,1H3/t12-,13?,14+/m1/s1. The lowest BCUT2D eigenvalue weighted by Crippen LogP contribution is -2.54. The Hall–Kier alpha value is -1.14. The van der Waals surface area contributed by atoms with Gasteiger partial charge < -0.3 is 20.1 Å². The Morgan fingerprint density at radius 2 is 2.00 bits per heavy atom. The molecule has 1 fully saturated rings. The first-order chi connectivity index (χ1) is 9.65. The van der Waals surface area contributed by atoms with E-state index in [1.54, 1.807) is 7.11 Å². The summed E-state index contributed by atoms with van der Waals surface area (Å²) in [5.74, 6) is 0.852. The molecule has 1 aromatic carbocycles. The van der Waals surface area contributed by atoms with E-state index in [-0.39, 0.29) is 12.6 Å². The van der Waals surface area contributed by atoms with Gasteiger partial charge in [0.1, 0.15) is 5.75 Å². The second-order valence-electron chi connectivity index (χ2n) is 5.26. The van der Waals surface area contributed by atoms with Crippen LogP contribution in [-0.4, -0.2) is 65.3 Å². The van der Waals surface area contributed by atoms with E-state index < -0.39 is 12.2 Å². The number of likely N-dealkylation sites (tertiary alicyclic amines) is 1. The second-order valence-corrected chi connectivity index (χ2v) is 5.26. The molecule has 5 heteroatoms. The minimum Gasteiger partial charge on any atom is -0.496 e. The van der Waals surface area contributed by atoms with E-state index >= 15 is 0 Å². The van der Waals surface area contributed by atoms with Crippen molar-refractivity contribution in [2.24, 2.45) is 0 Å². The first kappa shape index (κ1) is 15.3. The molecule has 0 saturated carbocycles. The molecular weight excluding hydrogens is 258 g/mol. The van der Waals surface area contributed by atoms with Gasteiger partial charge in [-0.05, 0) is 24.5 Å². The van der Waals surface area contributed by atoms with E-state index in [4.69, 9.17) is 4.74 Å². The molecule has 20 heavy (non-hydrogen) atoms. The normalized spacial score (nSPS) is 27.5. The van der Waals surface area contributed by atoms with Crippen molar-refractivity contribution in [3.63, 3.8) is 0 Å². The van der Waals surface area contributed by atoms with Gasteiger partial charge in [0.2, 0.25) is 0 Å². The van der Waals surface area contributed by atoms with E-state index in [0.29, 0.717) is 13.0 Å². The summed E-state index contributed by atoms with van der Waals surface area (Å²) in [5.41, 5.74) is 1.10. The minimum absolute atomic E-state index is 0.00426. The van der Waals surface area contributed by atoms with Gasteiger partial charge in [0.25, 0.3) is 0 Å². The summed E-state index contributed by atoms with van der Waals surface area (Å²) in [4.78, 5) is 2.03. The zero-order chi connectivity index (χ0) is 14.5. The van der Waals surface area contributed by atoms with Gasteiger partial charge in [0, 0.05) is 19.1 Å². The van der Waals surface area contributed by atoms with Crippen LogP contribution in [0.2, 0.25) is 0 Å². The fourth-order valence-corrected chi connectivity index (χ4v) is 2.73. The van der Waals surface area contributed by atoms with Crippen molar-refractivity contribution in [3.8, 4) is 5.75 Å². The quantitative estimate of drug-likeness (QED) is 0.710. The van der Waals surface area contributed by atoms with E-state index in [2.05, 4.69) is 0 Å². The number of methoxy groups -OCH3 is 1. The topological polar surface area (TPSA) is 73.2 Å². The third-order valence-electron chi connectivity index (χ3n) is 3.97. The Labute approximate surface area is 119 Å². The highest BCUT2D eigenvalue weighted by atomic mass is 16.5. The zero-order valence-corrected chi connectivity index (χ0v) is 11.8. The van der Waals surface area contributed by atoms with Gasteiger partial charge in [0.05, 0.1) is 25.9 Å². The third kappa shape index (κ3) is 3.49. The molecule has 1 unspecified atom stereocenters. The molecule has 1 aromatic rings. The second kappa shape index (κ2) is 7.04. The molecule has 1 aliphatic rings. The van der Waals surface area contributed by atoms with Crippen LogP contribution in [0.15, 0.2) is 24.3 Å². The smallest absolute Gasteiger partial charge is 0.122 e. The Morgan fingerprint density at radius 3 is 2.70 bits per heavy atom. The van der Waals surface area contributed by atoms with Crippen LogP contribution in [0.1, 0.15) is 12.0 Å². The Bertz CT molecular complexity index is 426. The molecule has 0 radical (unpaired) electrons. The Balaban J connectivity index is 1.98. The number of benzene rings is 1. The van der Waals surface area contributed by atoms with Crippen LogP contribution >= 0.6 is 0 Å². The van der Waals surface area contributed by atoms with E-state index in [0.717, 1.165) is 24.3 Å². The highest BCUT2D eigenvalue weighted by Crippen LogP contribution is 2.21. The molecule has 1 heterocycles. The first-order valence-corrected chi connectivity index (χ1v) is 6.98. The van der Waals surface area contributed by atoms with Crippen LogP contribution < -0.4 is 4.74 Å². The lowest BCUT2D eigenvalue weighted by Gasteiger charge is -2.39. The summed E-state index contributed by atoms with van der Waals surface area (Å²) in [6, 6.07) is 7.74. The lowest BCUT2D eigenvalue weighted by atomic mass is 9.97. The number of β-amino-alcohol motifs (C(OH)–C–C–N with tert-alkyl or cyclic N) is 1. The minimum atomic E-state index is -0.741. The molecule has 0 amide bonds. The number of ether oxygens (including phenoxy) is 1. The summed E-state index contributed by atoms with van der Waals surface area (Å²) < 4.78 is 5.32. The number of para-hydroxylation sites is 1. The number of piperidine rings is 1. The van der Waals surface area contributed by atoms with E-state index in [1.165, 1.54) is 0 Å². The fourth-order valence-electron chi connectivity index (χ4n) is 2.73. The van der Waals surface area contributed by atoms with Crippen LogP contribution in [0.5, 0.6) is 5.75 Å². The highest BCUT2D eigenvalue weighted by molar-refractivity contribution is 5.33. The molecule has 0 aliphatic carbocycles. The molecule has 5 nitrogen and oxygen atoms in total. The van der Waals surface area contributed by atoms with Crippen molar-refractivity contribution >= 4 is 0 Å². The van der Waals surface area contributed by atoms with Gasteiger partial charge >= 0.3 is 0 Å². The van der Waals surface area contributed by atoms with Crippen LogP contribution in [0.3, 0.4) is 0 Å². The van der Waals surface area contributed by atoms with Crippen molar-refractivity contribution in [1.29, 1.82) is 0 Å². The van der Waals surface area contributed by atoms with Crippen LogP contribution in [0.4, 0.5) is 0 Å². The predicted octanol–water partition coefficient (Wildman–Crippen LogP) is 0.0261. The van der Waals surface area contributed by atoms with E-state index in [9.17, 15) is 15.3 Å². The van der Waals surface area contributed by atoms with Crippen molar-refractivity contribution in [2.45, 2.75) is 31.1 Å². The third-order valence-corrected chi connectivity index (χ3v) is 3.97. The Kier molecular flexibility index (Phi) is 5.37. The summed E-state index contributed by atoms with van der Waals surface area (Å²) >= 11 is 0. The largest absolute Gasteiger partial charge is 0.496 e. The van der Waals surface area contributed by atoms with Crippen LogP contribution in [-0.2, 0) is 6.42 Å². The summed E-state index contributed by atoms with van der Waals surface area (Å²) in [5, 5.41) is 28.8. The molecular formula is C15H23NO4. The van der Waals surface area contributed by atoms with Gasteiger partial charge in [-0.1, -0.05) is 18.2 Å². The van der Waals surface area contributed by atoms with Gasteiger partial charge in [-0.15, -0.1) is 0 Å². The SMILES string of the molecule is COc1ccccc1CCN1C[C@H](O)C(O)C[C@@H]1CO. The molecule has 0 bridgehead atoms. The molecule has 0 aromatic heterocycles. The summed E-state index contributed by atoms with van der Waals surface area (Å²) in [6.07, 6.45) is -0.294. The van der Waals surface area contributed by atoms with E-state index in [1.807, 2.05) is 29.2 Å². The van der Waals surface area contributed by atoms with Gasteiger partial charge in [-0.2, -0.15) is 0 Å².